The van der Waals surface area contributed by atoms with Gasteiger partial charge < -0.3 is 34.4 Å². The first-order valence-electron chi connectivity index (χ1n) is 13.6. The Morgan fingerprint density at radius 2 is 1.80 bits per heavy atom. The number of aromatic hydroxyl groups is 1. The highest BCUT2D eigenvalue weighted by atomic mass is 16.7. The molecule has 1 fully saturated rings. The molecule has 5 atom stereocenters. The Bertz CT molecular complexity index is 1280. The summed E-state index contributed by atoms with van der Waals surface area (Å²) >= 11 is 0. The molecule has 1 heterocycles. The number of carbonyl (C=O) groups excluding carboxylic acids is 1. The van der Waals surface area contributed by atoms with Crippen molar-refractivity contribution in [1.29, 1.82) is 0 Å². The van der Waals surface area contributed by atoms with E-state index in [1.54, 1.807) is 36.4 Å². The van der Waals surface area contributed by atoms with E-state index in [4.69, 9.17) is 14.2 Å². The summed E-state index contributed by atoms with van der Waals surface area (Å²) in [5.41, 5.74) is 3.78. The average Bonchev–Trinajstić information content (AvgIpc) is 2.97. The Kier molecular flexibility index (Phi) is 10.5. The van der Waals surface area contributed by atoms with Crippen LogP contribution in [0.3, 0.4) is 0 Å². The van der Waals surface area contributed by atoms with Gasteiger partial charge in [-0.2, -0.15) is 0 Å². The lowest BCUT2D eigenvalue weighted by Gasteiger charge is -2.42. The lowest BCUT2D eigenvalue weighted by Crippen LogP contribution is -2.44. The van der Waals surface area contributed by atoms with Gasteiger partial charge in [0.2, 0.25) is 0 Å². The number of likely N-dealkylation sites (N-methyl/N-ethyl adjacent to an activating group) is 1. The Morgan fingerprint density at radius 1 is 1.10 bits per heavy atom. The van der Waals surface area contributed by atoms with Gasteiger partial charge in [-0.3, -0.25) is 5.32 Å². The third-order valence-electron chi connectivity index (χ3n) is 7.12. The van der Waals surface area contributed by atoms with Gasteiger partial charge in [-0.15, -0.1) is 0 Å². The molecular formula is C32H38N2O7. The summed E-state index contributed by atoms with van der Waals surface area (Å²) in [5, 5.41) is 32.7. The molecule has 0 radical (unpaired) electrons. The van der Waals surface area contributed by atoms with E-state index in [0.717, 1.165) is 16.7 Å². The van der Waals surface area contributed by atoms with E-state index in [1.165, 1.54) is 6.08 Å². The zero-order valence-corrected chi connectivity index (χ0v) is 23.3. The fraction of sp³-hybridized carbons (Fsp3) is 0.344. The summed E-state index contributed by atoms with van der Waals surface area (Å²) in [6, 6.07) is 21.5. The first kappa shape index (κ1) is 30.2. The first-order chi connectivity index (χ1) is 19.8. The van der Waals surface area contributed by atoms with E-state index in [9.17, 15) is 20.1 Å². The highest BCUT2D eigenvalue weighted by Crippen LogP contribution is 2.42. The fourth-order valence-corrected chi connectivity index (χ4v) is 4.85. The lowest BCUT2D eigenvalue weighted by molar-refractivity contribution is -0.276. The number of hydrogen-bond donors (Lipinski definition) is 4. The highest BCUT2D eigenvalue weighted by molar-refractivity contribution is 5.84. The second-order valence-corrected chi connectivity index (χ2v) is 10.3. The van der Waals surface area contributed by atoms with Crippen molar-refractivity contribution in [2.24, 2.45) is 5.92 Å². The maximum absolute atomic E-state index is 11.9. The van der Waals surface area contributed by atoms with Crippen LogP contribution in [0.2, 0.25) is 0 Å². The van der Waals surface area contributed by atoms with Crippen molar-refractivity contribution in [1.82, 2.24) is 4.90 Å². The maximum Gasteiger partial charge on any atom is 0.411 e. The number of hydrogen-bond acceptors (Lipinski definition) is 8. The molecule has 0 spiro atoms. The van der Waals surface area contributed by atoms with Crippen LogP contribution >= 0.6 is 0 Å². The summed E-state index contributed by atoms with van der Waals surface area (Å²) in [4.78, 5) is 13.9. The molecule has 1 aliphatic heterocycles. The molecule has 4 rings (SSSR count). The van der Waals surface area contributed by atoms with Crippen molar-refractivity contribution >= 4 is 11.8 Å². The van der Waals surface area contributed by atoms with E-state index < -0.39 is 18.5 Å². The molecule has 0 bridgehead atoms. The van der Waals surface area contributed by atoms with Gasteiger partial charge in [-0.1, -0.05) is 68.1 Å². The molecule has 5 unspecified atom stereocenters. The number of phenolic OH excluding ortho intramolecular Hbond substituents is 1. The van der Waals surface area contributed by atoms with Gasteiger partial charge in [0.15, 0.2) is 6.29 Å². The predicted octanol–water partition coefficient (Wildman–Crippen LogP) is 5.08. The minimum atomic E-state index is -0.780. The van der Waals surface area contributed by atoms with Crippen LogP contribution in [0.25, 0.3) is 0 Å². The summed E-state index contributed by atoms with van der Waals surface area (Å²) in [6.45, 7) is 6.56. The molecule has 0 saturated carbocycles. The maximum atomic E-state index is 11.9. The Balaban J connectivity index is 1.51. The molecule has 1 saturated heterocycles. The molecule has 1 amide bonds. The number of nitrogens with one attached hydrogen (secondary N) is 1. The molecule has 9 heteroatoms. The van der Waals surface area contributed by atoms with Crippen LogP contribution in [0.15, 0.2) is 85.5 Å². The largest absolute Gasteiger partial charge is 0.508 e. The van der Waals surface area contributed by atoms with Crippen LogP contribution in [0, 0.1) is 5.92 Å². The SMILES string of the molecule is C=CCOC(=O)Nc1ccc(C2OC(CN(C)CC(O)c3cccc(O)c3)C(C)C(c3ccc(CO)cc3)O2)cc1. The van der Waals surface area contributed by atoms with Crippen molar-refractivity contribution in [3.63, 3.8) is 0 Å². The number of benzene rings is 3. The Hall–Kier alpha value is -3.73. The molecule has 0 aliphatic carbocycles. The number of carbonyl (C=O) groups is 1. The fourth-order valence-electron chi connectivity index (χ4n) is 4.85. The lowest BCUT2D eigenvalue weighted by atomic mass is 9.90. The van der Waals surface area contributed by atoms with Crippen LogP contribution in [-0.4, -0.2) is 59.2 Å². The van der Waals surface area contributed by atoms with E-state index in [1.807, 2.05) is 48.3 Å². The second-order valence-electron chi connectivity index (χ2n) is 10.3. The quantitative estimate of drug-likeness (QED) is 0.239. The van der Waals surface area contributed by atoms with E-state index in [2.05, 4.69) is 18.8 Å². The number of amides is 1. The third-order valence-corrected chi connectivity index (χ3v) is 7.12. The number of anilines is 1. The summed E-state index contributed by atoms with van der Waals surface area (Å²) < 4.78 is 18.0. The number of phenols is 1. The van der Waals surface area contributed by atoms with Gasteiger partial charge in [-0.25, -0.2) is 4.79 Å². The summed E-state index contributed by atoms with van der Waals surface area (Å²) in [5.74, 6) is 0.0746. The Labute approximate surface area is 240 Å². The Morgan fingerprint density at radius 3 is 2.46 bits per heavy atom. The zero-order valence-electron chi connectivity index (χ0n) is 23.3. The van der Waals surface area contributed by atoms with Crippen molar-refractivity contribution in [2.45, 2.75) is 38.1 Å². The van der Waals surface area contributed by atoms with Crippen molar-refractivity contribution in [2.75, 3.05) is 32.1 Å². The summed E-state index contributed by atoms with van der Waals surface area (Å²) in [7, 11) is 1.92. The molecule has 9 nitrogen and oxygen atoms in total. The van der Waals surface area contributed by atoms with E-state index in [0.29, 0.717) is 24.3 Å². The minimum absolute atomic E-state index is 0.0350. The molecule has 3 aromatic rings. The molecule has 4 N–H and O–H groups in total. The molecule has 3 aromatic carbocycles. The molecule has 1 aliphatic rings. The van der Waals surface area contributed by atoms with Gasteiger partial charge in [0, 0.05) is 30.3 Å². The van der Waals surface area contributed by atoms with E-state index in [-0.39, 0.29) is 37.1 Å². The highest BCUT2D eigenvalue weighted by Gasteiger charge is 2.39. The van der Waals surface area contributed by atoms with Crippen LogP contribution in [-0.2, 0) is 20.8 Å². The number of aliphatic hydroxyl groups excluding tert-OH is 2. The molecule has 41 heavy (non-hydrogen) atoms. The normalized spacial score (nSPS) is 21.3. The van der Waals surface area contributed by atoms with Crippen molar-refractivity contribution in [3.8, 4) is 5.75 Å². The van der Waals surface area contributed by atoms with Crippen LogP contribution in [0.5, 0.6) is 5.75 Å². The molecular weight excluding hydrogens is 524 g/mol. The summed E-state index contributed by atoms with van der Waals surface area (Å²) in [6.07, 6.45) is -1.06. The predicted molar refractivity (Wildman–Crippen MR) is 155 cm³/mol. The minimum Gasteiger partial charge on any atom is -0.508 e. The standard InChI is InChI=1S/C32H38N2O7/c1-4-16-39-32(38)33-26-14-12-24(13-15-26)31-40-29(19-34(3)18-28(37)25-6-5-7-27(36)17-25)21(2)30(41-31)23-10-8-22(20-35)9-11-23/h4-15,17,21,28-31,35-37H,1,16,18-20H2,2-3H3,(H,33,38). The van der Waals surface area contributed by atoms with Gasteiger partial charge in [0.25, 0.3) is 0 Å². The number of rotatable bonds is 11. The third kappa shape index (κ3) is 8.16. The van der Waals surface area contributed by atoms with Gasteiger partial charge in [-0.05, 0) is 48.0 Å². The van der Waals surface area contributed by atoms with Gasteiger partial charge in [0.1, 0.15) is 12.4 Å². The first-order valence-corrected chi connectivity index (χ1v) is 13.6. The van der Waals surface area contributed by atoms with Crippen LogP contribution in [0.1, 0.15) is 47.7 Å². The van der Waals surface area contributed by atoms with Crippen LogP contribution < -0.4 is 5.32 Å². The average molecular weight is 563 g/mol. The van der Waals surface area contributed by atoms with Crippen molar-refractivity contribution < 1.29 is 34.3 Å². The van der Waals surface area contributed by atoms with E-state index >= 15 is 0 Å². The second kappa shape index (κ2) is 14.2. The van der Waals surface area contributed by atoms with Gasteiger partial charge in [0.05, 0.1) is 24.9 Å². The zero-order chi connectivity index (χ0) is 29.4. The number of aliphatic hydroxyl groups is 2. The molecule has 0 aromatic heterocycles. The number of nitrogens with zero attached hydrogens (tertiary/aromatic N) is 1. The monoisotopic (exact) mass is 562 g/mol. The smallest absolute Gasteiger partial charge is 0.411 e. The van der Waals surface area contributed by atoms with Gasteiger partial charge >= 0.3 is 6.09 Å². The molecule has 218 valence electrons. The van der Waals surface area contributed by atoms with Crippen LogP contribution in [0.4, 0.5) is 10.5 Å². The number of ether oxygens (including phenoxy) is 3. The van der Waals surface area contributed by atoms with Crippen molar-refractivity contribution in [3.05, 3.63) is 108 Å². The topological polar surface area (TPSA) is 121 Å².